The zero-order valence-electron chi connectivity index (χ0n) is 35.1. The summed E-state index contributed by atoms with van der Waals surface area (Å²) in [6, 6.07) is -0.757. The van der Waals surface area contributed by atoms with Crippen molar-refractivity contribution < 1.29 is 49.1 Å². The minimum Gasteiger partial charge on any atom is -0.377 e. The lowest BCUT2D eigenvalue weighted by Crippen LogP contribution is -2.42. The highest BCUT2D eigenvalue weighted by atomic mass is 35.8. The zero-order valence-corrected chi connectivity index (χ0v) is 39.3. The van der Waals surface area contributed by atoms with Crippen molar-refractivity contribution >= 4 is 48.0 Å². The van der Waals surface area contributed by atoms with Crippen molar-refractivity contribution in [1.29, 1.82) is 0 Å². The maximum absolute atomic E-state index is 11.9. The minimum atomic E-state index is -4.20. The fourth-order valence-corrected chi connectivity index (χ4v) is 9.55. The van der Waals surface area contributed by atoms with Gasteiger partial charge in [-0.05, 0) is 25.3 Å². The molecule has 0 rings (SSSR count). The highest BCUT2D eigenvalue weighted by Crippen LogP contribution is 2.28. The molecule has 0 fully saturated rings. The number of hydrogen-bond donors (Lipinski definition) is 0. The highest BCUT2D eigenvalue weighted by Gasteiger charge is 2.36. The van der Waals surface area contributed by atoms with Gasteiger partial charge in [-0.15, -0.1) is 33.2 Å². The van der Waals surface area contributed by atoms with Gasteiger partial charge >= 0.3 is 27.2 Å². The number of unbranched alkanes of at least 4 members (excludes halogenated alkanes) is 24. The van der Waals surface area contributed by atoms with Gasteiger partial charge in [0.15, 0.2) is 0 Å². The van der Waals surface area contributed by atoms with E-state index in [0.29, 0.717) is 0 Å². The number of ether oxygens (including phenoxy) is 2. The molecule has 0 spiro atoms. The molecule has 0 heterocycles. The summed E-state index contributed by atoms with van der Waals surface area (Å²) in [5.41, 5.74) is 0. The number of alkyl halides is 6. The molecule has 336 valence electrons. The Morgan fingerprint density at radius 2 is 0.582 bits per heavy atom. The van der Waals surface area contributed by atoms with Crippen LogP contribution >= 0.6 is 33.2 Å². The van der Waals surface area contributed by atoms with Crippen molar-refractivity contribution in [2.45, 2.75) is 205 Å². The van der Waals surface area contributed by atoms with E-state index in [1.54, 1.807) is 21.3 Å². The Kier molecular flexibility index (Phi) is 45.2. The molecule has 0 saturated heterocycles. The zero-order chi connectivity index (χ0) is 42.2. The SMILES string of the molecule is CC.CO[Si](CCCCCCCCCCCCCCCOCC(F)(F)F)(OC)OC.FC(F)(F)COCCCCCCCCCCCCCCC[Si](Cl)(Cl)Cl. The maximum atomic E-state index is 11.9. The van der Waals surface area contributed by atoms with Crippen molar-refractivity contribution in [3.8, 4) is 0 Å². The van der Waals surface area contributed by atoms with E-state index in [2.05, 4.69) is 9.47 Å². The summed E-state index contributed by atoms with van der Waals surface area (Å²) in [6.45, 7) is 2.18. The quantitative estimate of drug-likeness (QED) is 0.0269. The molecule has 0 bridgehead atoms. The second kappa shape index (κ2) is 41.4. The van der Waals surface area contributed by atoms with Crippen LogP contribution in [0.3, 0.4) is 0 Å². The summed E-state index contributed by atoms with van der Waals surface area (Å²) >= 11 is 17.5. The smallest absolute Gasteiger partial charge is 0.377 e. The second-order valence-corrected chi connectivity index (χ2v) is 26.3. The molecular formula is C39H79Cl3F6O5Si2. The normalized spacial score (nSPS) is 12.3. The van der Waals surface area contributed by atoms with Crippen LogP contribution in [0.5, 0.6) is 0 Å². The van der Waals surface area contributed by atoms with Crippen LogP contribution in [-0.2, 0) is 22.8 Å². The van der Waals surface area contributed by atoms with E-state index < -0.39 is 40.4 Å². The minimum absolute atomic E-state index is 0.212. The van der Waals surface area contributed by atoms with Gasteiger partial charge in [0.1, 0.15) is 13.2 Å². The van der Waals surface area contributed by atoms with Crippen LogP contribution in [0.25, 0.3) is 0 Å². The van der Waals surface area contributed by atoms with E-state index in [9.17, 15) is 26.3 Å². The van der Waals surface area contributed by atoms with E-state index in [0.717, 1.165) is 69.9 Å². The van der Waals surface area contributed by atoms with Gasteiger partial charge in [-0.3, -0.25) is 0 Å². The fourth-order valence-electron chi connectivity index (χ4n) is 5.90. The maximum Gasteiger partial charge on any atom is 0.500 e. The molecule has 0 aromatic carbocycles. The molecule has 0 radical (unpaired) electrons. The van der Waals surface area contributed by atoms with Crippen LogP contribution in [0, 0.1) is 0 Å². The summed E-state index contributed by atoms with van der Waals surface area (Å²) in [6.07, 6.45) is 21.6. The Morgan fingerprint density at radius 1 is 0.364 bits per heavy atom. The fraction of sp³-hybridized carbons (Fsp3) is 1.00. The molecular weight excluding hydrogens is 825 g/mol. The summed E-state index contributed by atoms with van der Waals surface area (Å²) in [5.74, 6) is 0. The molecule has 0 N–H and O–H groups in total. The van der Waals surface area contributed by atoms with Crippen molar-refractivity contribution in [2.24, 2.45) is 0 Å². The summed E-state index contributed by atoms with van der Waals surface area (Å²) in [5, 5.41) is 0. The Morgan fingerprint density at radius 3 is 0.800 bits per heavy atom. The third-order valence-corrected chi connectivity index (χ3v) is 14.4. The van der Waals surface area contributed by atoms with Crippen molar-refractivity contribution in [2.75, 3.05) is 47.8 Å². The molecule has 0 aromatic rings. The lowest BCUT2D eigenvalue weighted by atomic mass is 10.0. The molecule has 0 aliphatic carbocycles. The average Bonchev–Trinajstić information content (AvgIpc) is 3.12. The van der Waals surface area contributed by atoms with Gasteiger partial charge in [0.25, 0.3) is 0 Å². The van der Waals surface area contributed by atoms with Crippen molar-refractivity contribution in [3.63, 3.8) is 0 Å². The summed E-state index contributed by atoms with van der Waals surface area (Å²) < 4.78 is 96.6. The Hall–Kier alpha value is 0.684. The van der Waals surface area contributed by atoms with Crippen LogP contribution in [0.15, 0.2) is 0 Å². The number of halogens is 9. The van der Waals surface area contributed by atoms with Gasteiger partial charge in [0.2, 0.25) is 0 Å². The highest BCUT2D eigenvalue weighted by molar-refractivity contribution is 7.64. The second-order valence-electron chi connectivity index (χ2n) is 13.9. The largest absolute Gasteiger partial charge is 0.500 e. The van der Waals surface area contributed by atoms with Crippen molar-refractivity contribution in [3.05, 3.63) is 0 Å². The van der Waals surface area contributed by atoms with Crippen LogP contribution < -0.4 is 0 Å². The molecule has 0 amide bonds. The molecule has 0 atom stereocenters. The van der Waals surface area contributed by atoms with Gasteiger partial charge in [-0.1, -0.05) is 162 Å². The van der Waals surface area contributed by atoms with Gasteiger partial charge in [-0.2, -0.15) is 26.3 Å². The molecule has 16 heteroatoms. The van der Waals surface area contributed by atoms with E-state index in [1.165, 1.54) is 109 Å². The topological polar surface area (TPSA) is 46.2 Å². The standard InChI is InChI=1S/C20H41F3O4Si.C17H32Cl3F3OSi.C2H6/c1-24-28(25-2,26-3)18-16-14-12-10-8-6-4-5-7-9-11-13-15-17-27-19-20(21,22)23;18-25(19,20)15-13-11-9-7-5-3-1-2-4-6-8-10-12-14-24-16-17(21,22)23;1-2/h4-19H2,1-3H3;1-16H2;1-2H3. The molecule has 0 aromatic heterocycles. The molecule has 5 nitrogen and oxygen atoms in total. The van der Waals surface area contributed by atoms with Crippen LogP contribution in [-0.4, -0.2) is 74.9 Å². The first-order valence-electron chi connectivity index (χ1n) is 21.1. The molecule has 0 aliphatic heterocycles. The van der Waals surface area contributed by atoms with E-state index >= 15 is 0 Å². The first-order valence-corrected chi connectivity index (χ1v) is 28.3. The van der Waals surface area contributed by atoms with Gasteiger partial charge in [0, 0.05) is 40.6 Å². The Bertz CT molecular complexity index is 731. The molecule has 55 heavy (non-hydrogen) atoms. The first kappa shape index (κ1) is 60.0. The Labute approximate surface area is 348 Å². The monoisotopic (exact) mass is 902 g/mol. The predicted octanol–water partition coefficient (Wildman–Crippen LogP) is 15.8. The van der Waals surface area contributed by atoms with Crippen molar-refractivity contribution in [1.82, 2.24) is 0 Å². The third-order valence-electron chi connectivity index (χ3n) is 8.99. The molecule has 0 aliphatic rings. The third kappa shape index (κ3) is 52.7. The first-order chi connectivity index (χ1) is 26.1. The summed E-state index contributed by atoms with van der Waals surface area (Å²) in [7, 11) is 2.59. The predicted molar refractivity (Wildman–Crippen MR) is 225 cm³/mol. The lowest BCUT2D eigenvalue weighted by Gasteiger charge is -2.24. The van der Waals surface area contributed by atoms with Gasteiger partial charge < -0.3 is 22.8 Å². The van der Waals surface area contributed by atoms with E-state index in [4.69, 9.17) is 46.5 Å². The molecule has 0 saturated carbocycles. The van der Waals surface area contributed by atoms with E-state index in [1.807, 2.05) is 13.8 Å². The van der Waals surface area contributed by atoms with Crippen LogP contribution in [0.1, 0.15) is 181 Å². The summed E-state index contributed by atoms with van der Waals surface area (Å²) in [4.78, 5) is 0. The van der Waals surface area contributed by atoms with Gasteiger partial charge in [0.05, 0.1) is 0 Å². The number of rotatable bonds is 37. The number of hydrogen-bond acceptors (Lipinski definition) is 5. The van der Waals surface area contributed by atoms with E-state index in [-0.39, 0.29) is 13.2 Å². The van der Waals surface area contributed by atoms with Gasteiger partial charge in [-0.25, -0.2) is 0 Å². The van der Waals surface area contributed by atoms with Crippen LogP contribution in [0.2, 0.25) is 12.1 Å². The molecule has 0 unspecified atom stereocenters. The Balaban J connectivity index is -0.000000946. The average molecular weight is 905 g/mol. The lowest BCUT2D eigenvalue weighted by molar-refractivity contribution is -0.174. The van der Waals surface area contributed by atoms with Crippen LogP contribution in [0.4, 0.5) is 26.3 Å².